The summed E-state index contributed by atoms with van der Waals surface area (Å²) in [6.07, 6.45) is 1.84. The van der Waals surface area contributed by atoms with Crippen LogP contribution in [0, 0.1) is 6.92 Å². The monoisotopic (exact) mass is 251 g/mol. The molecule has 1 aliphatic rings. The molecule has 0 bridgehead atoms. The summed E-state index contributed by atoms with van der Waals surface area (Å²) in [7, 11) is 3.44. The van der Waals surface area contributed by atoms with E-state index in [1.807, 2.05) is 20.2 Å². The van der Waals surface area contributed by atoms with Crippen LogP contribution in [0.5, 0.6) is 0 Å². The second-order valence-corrected chi connectivity index (χ2v) is 4.13. The predicted molar refractivity (Wildman–Crippen MR) is 66.1 cm³/mol. The van der Waals surface area contributed by atoms with E-state index in [-0.39, 0.29) is 5.91 Å². The summed E-state index contributed by atoms with van der Waals surface area (Å²) in [6, 6.07) is -0.417. The fourth-order valence-electron chi connectivity index (χ4n) is 1.88. The van der Waals surface area contributed by atoms with Gasteiger partial charge in [-0.2, -0.15) is 5.10 Å². The number of methoxy groups -OCH3 is 1. The summed E-state index contributed by atoms with van der Waals surface area (Å²) in [4.78, 5) is 16.1. The van der Waals surface area contributed by atoms with Crippen LogP contribution in [0.15, 0.2) is 11.2 Å². The van der Waals surface area contributed by atoms with Gasteiger partial charge in [-0.1, -0.05) is 0 Å². The van der Waals surface area contributed by atoms with Gasteiger partial charge in [0.05, 0.1) is 18.8 Å². The third-order valence-electron chi connectivity index (χ3n) is 2.71. The van der Waals surface area contributed by atoms with Crippen molar-refractivity contribution in [2.75, 3.05) is 20.3 Å². The van der Waals surface area contributed by atoms with Crippen molar-refractivity contribution in [2.24, 2.45) is 12.0 Å². The van der Waals surface area contributed by atoms with Gasteiger partial charge in [-0.3, -0.25) is 19.8 Å². The zero-order chi connectivity index (χ0) is 13.1. The second kappa shape index (κ2) is 5.18. The average Bonchev–Trinajstić information content (AvgIpc) is 2.82. The molecule has 7 nitrogen and oxygen atoms in total. The number of carbonyl (C=O) groups is 1. The van der Waals surface area contributed by atoms with E-state index in [4.69, 9.17) is 4.74 Å². The first-order chi connectivity index (χ1) is 8.61. The van der Waals surface area contributed by atoms with Gasteiger partial charge in [-0.25, -0.2) is 0 Å². The van der Waals surface area contributed by atoms with Crippen LogP contribution in [0.3, 0.4) is 0 Å². The van der Waals surface area contributed by atoms with Crippen molar-refractivity contribution < 1.29 is 9.53 Å². The molecule has 2 rings (SSSR count). The zero-order valence-electron chi connectivity index (χ0n) is 10.7. The highest BCUT2D eigenvalue weighted by molar-refractivity contribution is 6.06. The first-order valence-electron chi connectivity index (χ1n) is 5.72. The summed E-state index contributed by atoms with van der Waals surface area (Å²) in [6.45, 7) is 2.92. The lowest BCUT2D eigenvalue weighted by atomic mass is 10.1. The number of aromatic nitrogens is 2. The first-order valence-corrected chi connectivity index (χ1v) is 5.72. The summed E-state index contributed by atoms with van der Waals surface area (Å²) >= 11 is 0. The number of ether oxygens (including phenoxy) is 1. The van der Waals surface area contributed by atoms with Gasteiger partial charge in [-0.05, 0) is 6.92 Å². The van der Waals surface area contributed by atoms with Gasteiger partial charge in [0.2, 0.25) is 0 Å². The molecule has 1 aliphatic heterocycles. The molecule has 0 saturated carbocycles. The molecular formula is C11H17N5O2. The maximum absolute atomic E-state index is 11.9. The number of nitrogens with one attached hydrogen (secondary N) is 2. The molecule has 0 radical (unpaired) electrons. The van der Waals surface area contributed by atoms with Crippen LogP contribution in [0.25, 0.3) is 0 Å². The van der Waals surface area contributed by atoms with E-state index in [0.717, 1.165) is 11.3 Å². The van der Waals surface area contributed by atoms with Gasteiger partial charge in [0.25, 0.3) is 5.91 Å². The van der Waals surface area contributed by atoms with E-state index in [0.29, 0.717) is 19.1 Å². The van der Waals surface area contributed by atoms with Crippen molar-refractivity contribution in [3.05, 3.63) is 17.5 Å². The molecule has 18 heavy (non-hydrogen) atoms. The summed E-state index contributed by atoms with van der Waals surface area (Å²) < 4.78 is 6.60. The number of carbonyl (C=O) groups excluding carboxylic acids is 1. The lowest BCUT2D eigenvalue weighted by molar-refractivity contribution is -0.120. The lowest BCUT2D eigenvalue weighted by Crippen LogP contribution is -2.26. The SMILES string of the molecule is COCCN=C1NC(=O)C(c2cn(C)nc2C)N1. The quantitative estimate of drug-likeness (QED) is 0.706. The molecule has 1 aromatic heterocycles. The fraction of sp³-hybridized carbons (Fsp3) is 0.545. The maximum atomic E-state index is 11.9. The Hall–Kier alpha value is -1.89. The largest absolute Gasteiger partial charge is 0.383 e. The van der Waals surface area contributed by atoms with E-state index in [2.05, 4.69) is 20.7 Å². The highest BCUT2D eigenvalue weighted by Gasteiger charge is 2.31. The van der Waals surface area contributed by atoms with Crippen LogP contribution < -0.4 is 10.6 Å². The molecule has 1 atom stereocenters. The third kappa shape index (κ3) is 2.51. The molecule has 1 amide bonds. The number of rotatable bonds is 4. The van der Waals surface area contributed by atoms with E-state index < -0.39 is 6.04 Å². The summed E-state index contributed by atoms with van der Waals surface area (Å²) in [5.74, 6) is 0.382. The van der Waals surface area contributed by atoms with Crippen LogP contribution in [-0.2, 0) is 16.6 Å². The molecule has 1 unspecified atom stereocenters. The minimum atomic E-state index is -0.417. The molecule has 1 fully saturated rings. The number of hydrogen-bond acceptors (Lipinski definition) is 4. The molecule has 0 aliphatic carbocycles. The van der Waals surface area contributed by atoms with Gasteiger partial charge >= 0.3 is 0 Å². The van der Waals surface area contributed by atoms with Crippen LogP contribution in [-0.4, -0.2) is 41.9 Å². The topological polar surface area (TPSA) is 80.5 Å². The molecule has 0 aromatic carbocycles. The Morgan fingerprint density at radius 1 is 1.61 bits per heavy atom. The van der Waals surface area contributed by atoms with Gasteiger partial charge in [-0.15, -0.1) is 0 Å². The number of aryl methyl sites for hydroxylation is 2. The van der Waals surface area contributed by atoms with Crippen molar-refractivity contribution in [2.45, 2.75) is 13.0 Å². The smallest absolute Gasteiger partial charge is 0.254 e. The Labute approximate surface area is 105 Å². The van der Waals surface area contributed by atoms with Crippen molar-refractivity contribution in [1.29, 1.82) is 0 Å². The highest BCUT2D eigenvalue weighted by atomic mass is 16.5. The van der Waals surface area contributed by atoms with Gasteiger partial charge in [0, 0.05) is 25.9 Å². The predicted octanol–water partition coefficient (Wildman–Crippen LogP) is -0.509. The third-order valence-corrected chi connectivity index (χ3v) is 2.71. The van der Waals surface area contributed by atoms with E-state index in [1.165, 1.54) is 0 Å². The number of aliphatic imine (C=N–C) groups is 1. The van der Waals surface area contributed by atoms with Crippen molar-refractivity contribution in [1.82, 2.24) is 20.4 Å². The summed E-state index contributed by atoms with van der Waals surface area (Å²) in [5, 5.41) is 9.98. The fourth-order valence-corrected chi connectivity index (χ4v) is 1.88. The number of nitrogens with zero attached hydrogens (tertiary/aromatic N) is 3. The van der Waals surface area contributed by atoms with Crippen LogP contribution in [0.2, 0.25) is 0 Å². The van der Waals surface area contributed by atoms with E-state index in [1.54, 1.807) is 11.8 Å². The lowest BCUT2D eigenvalue weighted by Gasteiger charge is -2.05. The van der Waals surface area contributed by atoms with E-state index >= 15 is 0 Å². The highest BCUT2D eigenvalue weighted by Crippen LogP contribution is 2.19. The molecule has 0 spiro atoms. The van der Waals surface area contributed by atoms with Crippen LogP contribution >= 0.6 is 0 Å². The Morgan fingerprint density at radius 2 is 2.39 bits per heavy atom. The second-order valence-electron chi connectivity index (χ2n) is 4.13. The minimum absolute atomic E-state index is 0.109. The minimum Gasteiger partial charge on any atom is -0.383 e. The average molecular weight is 251 g/mol. The Bertz CT molecular complexity index is 480. The Kier molecular flexibility index (Phi) is 3.61. The molecule has 1 aromatic rings. The van der Waals surface area contributed by atoms with Crippen molar-refractivity contribution >= 4 is 11.9 Å². The van der Waals surface area contributed by atoms with Crippen molar-refractivity contribution in [3.63, 3.8) is 0 Å². The molecule has 2 heterocycles. The normalized spacial score (nSPS) is 21.2. The molecule has 2 N–H and O–H groups in total. The number of guanidine groups is 1. The standard InChI is InChI=1S/C11H17N5O2/c1-7-8(6-16(2)15-7)9-10(17)14-11(13-9)12-4-5-18-3/h6,9H,4-5H2,1-3H3,(H2,12,13,14,17). The first kappa shape index (κ1) is 12.6. The van der Waals surface area contributed by atoms with Crippen molar-refractivity contribution in [3.8, 4) is 0 Å². The van der Waals surface area contributed by atoms with Gasteiger partial charge in [0.1, 0.15) is 6.04 Å². The van der Waals surface area contributed by atoms with Gasteiger partial charge < -0.3 is 10.1 Å². The Morgan fingerprint density at radius 3 is 3.00 bits per heavy atom. The van der Waals surface area contributed by atoms with E-state index in [9.17, 15) is 4.79 Å². The van der Waals surface area contributed by atoms with Gasteiger partial charge in [0.15, 0.2) is 5.96 Å². The molecule has 1 saturated heterocycles. The molecule has 98 valence electrons. The maximum Gasteiger partial charge on any atom is 0.254 e. The molecule has 7 heteroatoms. The molecular weight excluding hydrogens is 234 g/mol. The zero-order valence-corrected chi connectivity index (χ0v) is 10.7. The van der Waals surface area contributed by atoms with Crippen LogP contribution in [0.1, 0.15) is 17.3 Å². The Balaban J connectivity index is 2.10. The van der Waals surface area contributed by atoms with Crippen LogP contribution in [0.4, 0.5) is 0 Å². The summed E-state index contributed by atoms with van der Waals surface area (Å²) in [5.41, 5.74) is 1.70. The number of amides is 1. The number of hydrogen-bond donors (Lipinski definition) is 2.